The monoisotopic (exact) mass is 247 g/mol. The molecule has 0 N–H and O–H groups in total. The lowest BCUT2D eigenvalue weighted by atomic mass is 10.1. The molecule has 18 heavy (non-hydrogen) atoms. The summed E-state index contributed by atoms with van der Waals surface area (Å²) in [4.78, 5) is 14.5. The van der Waals surface area contributed by atoms with Crippen LogP contribution in [0, 0.1) is 6.92 Å². The Morgan fingerprint density at radius 1 is 1.22 bits per heavy atom. The summed E-state index contributed by atoms with van der Waals surface area (Å²) in [6, 6.07) is 8.17. The van der Waals surface area contributed by atoms with E-state index in [1.165, 1.54) is 5.56 Å². The summed E-state index contributed by atoms with van der Waals surface area (Å²) in [7, 11) is 0. The van der Waals surface area contributed by atoms with E-state index in [-0.39, 0.29) is 5.91 Å². The van der Waals surface area contributed by atoms with Gasteiger partial charge in [0.25, 0.3) is 5.91 Å². The number of benzene rings is 1. The third kappa shape index (κ3) is 3.86. The Labute approximate surface area is 111 Å². The third-order valence-corrected chi connectivity index (χ3v) is 3.43. The van der Waals surface area contributed by atoms with Gasteiger partial charge in [-0.05, 0) is 38.8 Å². The predicted octanol–water partition coefficient (Wildman–Crippen LogP) is 4.04. The van der Waals surface area contributed by atoms with E-state index >= 15 is 0 Å². The maximum absolute atomic E-state index is 12.5. The van der Waals surface area contributed by atoms with Gasteiger partial charge in [0.2, 0.25) is 0 Å². The molecule has 1 unspecified atom stereocenters. The number of hydrogen-bond acceptors (Lipinski definition) is 1. The second-order valence-electron chi connectivity index (χ2n) is 4.98. The van der Waals surface area contributed by atoms with Crippen molar-refractivity contribution in [2.24, 2.45) is 0 Å². The van der Waals surface area contributed by atoms with Gasteiger partial charge in [-0.25, -0.2) is 0 Å². The van der Waals surface area contributed by atoms with Crippen molar-refractivity contribution >= 4 is 5.91 Å². The van der Waals surface area contributed by atoms with Crippen molar-refractivity contribution in [3.8, 4) is 0 Å². The molecule has 0 heterocycles. The first kappa shape index (κ1) is 14.7. The summed E-state index contributed by atoms with van der Waals surface area (Å²) < 4.78 is 0. The molecule has 1 aromatic carbocycles. The fourth-order valence-electron chi connectivity index (χ4n) is 1.93. The fourth-order valence-corrected chi connectivity index (χ4v) is 1.93. The van der Waals surface area contributed by atoms with E-state index < -0.39 is 0 Å². The summed E-state index contributed by atoms with van der Waals surface area (Å²) in [5.41, 5.74) is 1.99. The molecule has 0 saturated carbocycles. The largest absolute Gasteiger partial charge is 0.336 e. The first-order valence-corrected chi connectivity index (χ1v) is 6.97. The van der Waals surface area contributed by atoms with E-state index in [9.17, 15) is 4.79 Å². The van der Waals surface area contributed by atoms with Crippen LogP contribution in [-0.4, -0.2) is 23.4 Å². The van der Waals surface area contributed by atoms with Crippen molar-refractivity contribution in [3.63, 3.8) is 0 Å². The Balaban J connectivity index is 2.83. The SMILES string of the molecule is CCCCN(C(=O)c1ccc(C)cc1)C(C)CC. The van der Waals surface area contributed by atoms with Crippen LogP contribution in [0.2, 0.25) is 0 Å². The van der Waals surface area contributed by atoms with Gasteiger partial charge in [-0.3, -0.25) is 4.79 Å². The van der Waals surface area contributed by atoms with Crippen LogP contribution in [0.15, 0.2) is 24.3 Å². The van der Waals surface area contributed by atoms with E-state index in [1.807, 2.05) is 36.1 Å². The number of carbonyl (C=O) groups excluding carboxylic acids is 1. The van der Waals surface area contributed by atoms with Crippen LogP contribution in [0.3, 0.4) is 0 Å². The zero-order valence-corrected chi connectivity index (χ0v) is 12.1. The van der Waals surface area contributed by atoms with Gasteiger partial charge in [0.1, 0.15) is 0 Å². The maximum atomic E-state index is 12.5. The molecule has 2 nitrogen and oxygen atoms in total. The molecule has 1 aromatic rings. The average molecular weight is 247 g/mol. The molecular weight excluding hydrogens is 222 g/mol. The molecule has 0 radical (unpaired) electrons. The van der Waals surface area contributed by atoms with E-state index in [1.54, 1.807) is 0 Å². The standard InChI is InChI=1S/C16H25NO/c1-5-7-12-17(14(4)6-2)16(18)15-10-8-13(3)9-11-15/h8-11,14H,5-7,12H2,1-4H3. The van der Waals surface area contributed by atoms with E-state index in [0.717, 1.165) is 31.4 Å². The first-order chi connectivity index (χ1) is 8.60. The molecular formula is C16H25NO. The van der Waals surface area contributed by atoms with Gasteiger partial charge in [0, 0.05) is 18.2 Å². The van der Waals surface area contributed by atoms with Crippen LogP contribution < -0.4 is 0 Å². The van der Waals surface area contributed by atoms with Gasteiger partial charge in [-0.2, -0.15) is 0 Å². The second-order valence-corrected chi connectivity index (χ2v) is 4.98. The lowest BCUT2D eigenvalue weighted by Gasteiger charge is -2.28. The van der Waals surface area contributed by atoms with Crippen molar-refractivity contribution in [2.75, 3.05) is 6.54 Å². The van der Waals surface area contributed by atoms with Crippen LogP contribution in [0.25, 0.3) is 0 Å². The number of hydrogen-bond donors (Lipinski definition) is 0. The second kappa shape index (κ2) is 7.20. The number of amides is 1. The van der Waals surface area contributed by atoms with E-state index in [0.29, 0.717) is 6.04 Å². The maximum Gasteiger partial charge on any atom is 0.254 e. The van der Waals surface area contributed by atoms with Gasteiger partial charge in [-0.1, -0.05) is 38.0 Å². The molecule has 1 amide bonds. The molecule has 0 saturated heterocycles. The molecule has 0 aliphatic rings. The van der Waals surface area contributed by atoms with Crippen molar-refractivity contribution < 1.29 is 4.79 Å². The summed E-state index contributed by atoms with van der Waals surface area (Å²) in [5.74, 6) is 0.165. The van der Waals surface area contributed by atoms with Crippen LogP contribution in [0.5, 0.6) is 0 Å². The quantitative estimate of drug-likeness (QED) is 0.743. The Hall–Kier alpha value is -1.31. The van der Waals surface area contributed by atoms with Gasteiger partial charge in [0.05, 0.1) is 0 Å². The molecule has 1 rings (SSSR count). The average Bonchev–Trinajstić information content (AvgIpc) is 2.39. The molecule has 100 valence electrons. The lowest BCUT2D eigenvalue weighted by molar-refractivity contribution is 0.0685. The molecule has 2 heteroatoms. The highest BCUT2D eigenvalue weighted by atomic mass is 16.2. The van der Waals surface area contributed by atoms with Crippen LogP contribution >= 0.6 is 0 Å². The van der Waals surface area contributed by atoms with E-state index in [2.05, 4.69) is 20.8 Å². The Bertz CT molecular complexity index is 369. The van der Waals surface area contributed by atoms with Gasteiger partial charge >= 0.3 is 0 Å². The van der Waals surface area contributed by atoms with Crippen molar-refractivity contribution in [1.29, 1.82) is 0 Å². The van der Waals surface area contributed by atoms with Crippen molar-refractivity contribution in [3.05, 3.63) is 35.4 Å². The van der Waals surface area contributed by atoms with Gasteiger partial charge in [0.15, 0.2) is 0 Å². The minimum Gasteiger partial charge on any atom is -0.336 e. The van der Waals surface area contributed by atoms with Crippen LogP contribution in [0.1, 0.15) is 56.0 Å². The number of rotatable bonds is 6. The number of aryl methyl sites for hydroxylation is 1. The Morgan fingerprint density at radius 3 is 2.33 bits per heavy atom. The van der Waals surface area contributed by atoms with E-state index in [4.69, 9.17) is 0 Å². The molecule has 0 fully saturated rings. The highest BCUT2D eigenvalue weighted by Crippen LogP contribution is 2.13. The highest BCUT2D eigenvalue weighted by molar-refractivity contribution is 5.94. The number of carbonyl (C=O) groups is 1. The zero-order chi connectivity index (χ0) is 13.5. The van der Waals surface area contributed by atoms with Crippen molar-refractivity contribution in [2.45, 2.75) is 53.0 Å². The molecule has 0 aliphatic heterocycles. The third-order valence-electron chi connectivity index (χ3n) is 3.43. The van der Waals surface area contributed by atoms with Gasteiger partial charge in [-0.15, -0.1) is 0 Å². The summed E-state index contributed by atoms with van der Waals surface area (Å²) >= 11 is 0. The minimum atomic E-state index is 0.165. The highest BCUT2D eigenvalue weighted by Gasteiger charge is 2.19. The van der Waals surface area contributed by atoms with Gasteiger partial charge < -0.3 is 4.90 Å². The van der Waals surface area contributed by atoms with Crippen molar-refractivity contribution in [1.82, 2.24) is 4.90 Å². The first-order valence-electron chi connectivity index (χ1n) is 6.97. The summed E-state index contributed by atoms with van der Waals surface area (Å²) in [6.07, 6.45) is 3.19. The molecule has 1 atom stereocenters. The molecule has 0 aromatic heterocycles. The lowest BCUT2D eigenvalue weighted by Crippen LogP contribution is -2.39. The smallest absolute Gasteiger partial charge is 0.254 e. The summed E-state index contributed by atoms with van der Waals surface area (Å²) in [5, 5.41) is 0. The summed E-state index contributed by atoms with van der Waals surface area (Å²) in [6.45, 7) is 9.31. The molecule has 0 spiro atoms. The number of unbranched alkanes of at least 4 members (excludes halogenated alkanes) is 1. The van der Waals surface area contributed by atoms with Crippen LogP contribution in [-0.2, 0) is 0 Å². The Kier molecular flexibility index (Phi) is 5.90. The normalized spacial score (nSPS) is 12.2. The van der Waals surface area contributed by atoms with Crippen LogP contribution in [0.4, 0.5) is 0 Å². The molecule has 0 aliphatic carbocycles. The molecule has 0 bridgehead atoms. The predicted molar refractivity (Wildman–Crippen MR) is 76.9 cm³/mol. The number of nitrogens with zero attached hydrogens (tertiary/aromatic N) is 1. The topological polar surface area (TPSA) is 20.3 Å². The Morgan fingerprint density at radius 2 is 1.83 bits per heavy atom. The zero-order valence-electron chi connectivity index (χ0n) is 12.1. The minimum absolute atomic E-state index is 0.165. The fraction of sp³-hybridized carbons (Fsp3) is 0.562.